The molecule has 102 valence electrons. The average molecular weight is 271 g/mol. The Morgan fingerprint density at radius 2 is 2.00 bits per heavy atom. The van der Waals surface area contributed by atoms with Gasteiger partial charge < -0.3 is 4.74 Å². The highest BCUT2D eigenvalue weighted by Gasteiger charge is 2.35. The minimum atomic E-state index is -4.62. The number of alkyl halides is 3. The molecule has 1 rings (SSSR count). The average Bonchev–Trinajstić information content (AvgIpc) is 2.36. The molecule has 0 aliphatic carbocycles. The monoisotopic (exact) mass is 271 g/mol. The molecule has 0 unspecified atom stereocenters. The van der Waals surface area contributed by atoms with Gasteiger partial charge in [0.1, 0.15) is 0 Å². The molecule has 0 aliphatic rings. The lowest BCUT2D eigenvalue weighted by molar-refractivity contribution is -0.137. The molecular weight excluding hydrogens is 259 g/mol. The van der Waals surface area contributed by atoms with Gasteiger partial charge in [-0.05, 0) is 31.0 Å². The van der Waals surface area contributed by atoms with E-state index in [1.165, 1.54) is 6.07 Å². The quantitative estimate of drug-likeness (QED) is 0.792. The number of benzene rings is 1. The maximum Gasteiger partial charge on any atom is 0.417 e. The standard InChI is InChI=1S/C13H12F3NO2/c1-3-8-6-11(13(14,15)16)9(7-17)5-10(8)12(18)19-4-2/h5-6H,3-4H2,1-2H3. The Kier molecular flexibility index (Phi) is 4.54. The summed E-state index contributed by atoms with van der Waals surface area (Å²) in [6.45, 7) is 3.34. The Bertz CT molecular complexity index is 530. The molecule has 3 nitrogen and oxygen atoms in total. The summed E-state index contributed by atoms with van der Waals surface area (Å²) in [6.07, 6.45) is -4.38. The number of aryl methyl sites for hydroxylation is 1. The maximum atomic E-state index is 12.8. The van der Waals surface area contributed by atoms with E-state index in [9.17, 15) is 18.0 Å². The number of hydrogen-bond donors (Lipinski definition) is 0. The first-order chi connectivity index (χ1) is 8.85. The first-order valence-corrected chi connectivity index (χ1v) is 5.66. The van der Waals surface area contributed by atoms with Crippen LogP contribution in [-0.4, -0.2) is 12.6 Å². The zero-order valence-corrected chi connectivity index (χ0v) is 10.5. The van der Waals surface area contributed by atoms with Gasteiger partial charge in [-0.3, -0.25) is 0 Å². The van der Waals surface area contributed by atoms with Crippen LogP contribution in [-0.2, 0) is 17.3 Å². The molecule has 0 radical (unpaired) electrons. The van der Waals surface area contributed by atoms with Gasteiger partial charge in [-0.1, -0.05) is 6.92 Å². The van der Waals surface area contributed by atoms with Crippen LogP contribution < -0.4 is 0 Å². The second-order valence-corrected chi connectivity index (χ2v) is 3.74. The van der Waals surface area contributed by atoms with E-state index in [4.69, 9.17) is 10.00 Å². The lowest BCUT2D eigenvalue weighted by atomic mass is 9.97. The largest absolute Gasteiger partial charge is 0.462 e. The summed E-state index contributed by atoms with van der Waals surface area (Å²) in [7, 11) is 0. The molecule has 1 aromatic carbocycles. The van der Waals surface area contributed by atoms with Gasteiger partial charge in [0, 0.05) is 0 Å². The number of carbonyl (C=O) groups excluding carboxylic acids is 1. The predicted molar refractivity (Wildman–Crippen MR) is 61.5 cm³/mol. The van der Waals surface area contributed by atoms with Gasteiger partial charge in [-0.2, -0.15) is 18.4 Å². The smallest absolute Gasteiger partial charge is 0.417 e. The second-order valence-electron chi connectivity index (χ2n) is 3.74. The van der Waals surface area contributed by atoms with Crippen molar-refractivity contribution in [2.24, 2.45) is 0 Å². The Morgan fingerprint density at radius 3 is 2.42 bits per heavy atom. The number of nitriles is 1. The number of rotatable bonds is 3. The molecule has 0 N–H and O–H groups in total. The molecular formula is C13H12F3NO2. The minimum absolute atomic E-state index is 0.00824. The van der Waals surface area contributed by atoms with Crippen LogP contribution in [0.15, 0.2) is 12.1 Å². The van der Waals surface area contributed by atoms with Gasteiger partial charge >= 0.3 is 12.1 Å². The Morgan fingerprint density at radius 1 is 1.37 bits per heavy atom. The zero-order valence-electron chi connectivity index (χ0n) is 10.5. The maximum absolute atomic E-state index is 12.8. The third-order valence-corrected chi connectivity index (χ3v) is 2.55. The van der Waals surface area contributed by atoms with Gasteiger partial charge in [0.2, 0.25) is 0 Å². The zero-order chi connectivity index (χ0) is 14.6. The molecule has 0 bridgehead atoms. The number of nitrogens with zero attached hydrogens (tertiary/aromatic N) is 1. The topological polar surface area (TPSA) is 50.1 Å². The normalized spacial score (nSPS) is 10.9. The van der Waals surface area contributed by atoms with Crippen molar-refractivity contribution < 1.29 is 22.7 Å². The summed E-state index contributed by atoms with van der Waals surface area (Å²) < 4.78 is 43.1. The van der Waals surface area contributed by atoms with Crippen molar-refractivity contribution in [3.8, 4) is 6.07 Å². The highest BCUT2D eigenvalue weighted by Crippen LogP contribution is 2.33. The number of carbonyl (C=O) groups is 1. The van der Waals surface area contributed by atoms with E-state index < -0.39 is 23.3 Å². The van der Waals surface area contributed by atoms with Crippen molar-refractivity contribution in [1.29, 1.82) is 5.26 Å². The molecule has 0 saturated carbocycles. The van der Waals surface area contributed by atoms with Crippen molar-refractivity contribution in [1.82, 2.24) is 0 Å². The van der Waals surface area contributed by atoms with Gasteiger partial charge in [0.15, 0.2) is 0 Å². The predicted octanol–water partition coefficient (Wildman–Crippen LogP) is 3.32. The third-order valence-electron chi connectivity index (χ3n) is 2.55. The molecule has 0 spiro atoms. The summed E-state index contributed by atoms with van der Waals surface area (Å²) in [5.41, 5.74) is -1.38. The van der Waals surface area contributed by atoms with Crippen molar-refractivity contribution in [2.45, 2.75) is 26.4 Å². The number of halogens is 3. The minimum Gasteiger partial charge on any atom is -0.462 e. The molecule has 0 atom stereocenters. The molecule has 0 heterocycles. The van der Waals surface area contributed by atoms with Crippen LogP contribution in [0.25, 0.3) is 0 Å². The van der Waals surface area contributed by atoms with Gasteiger partial charge in [0.25, 0.3) is 0 Å². The van der Waals surface area contributed by atoms with Gasteiger partial charge in [-0.15, -0.1) is 0 Å². The molecule has 0 saturated heterocycles. The lowest BCUT2D eigenvalue weighted by Crippen LogP contribution is -2.13. The molecule has 0 aliphatic heterocycles. The van der Waals surface area contributed by atoms with E-state index in [2.05, 4.69) is 0 Å². The Labute approximate surface area is 108 Å². The molecule has 6 heteroatoms. The SMILES string of the molecule is CCOC(=O)c1cc(C#N)c(C(F)(F)F)cc1CC. The molecule has 0 amide bonds. The van der Waals surface area contributed by atoms with Crippen LogP contribution in [0.3, 0.4) is 0 Å². The second kappa shape index (κ2) is 5.74. The summed E-state index contributed by atoms with van der Waals surface area (Å²) in [4.78, 5) is 11.6. The van der Waals surface area contributed by atoms with Crippen LogP contribution in [0.4, 0.5) is 13.2 Å². The lowest BCUT2D eigenvalue weighted by Gasteiger charge is -2.13. The molecule has 1 aromatic rings. The van der Waals surface area contributed by atoms with E-state index in [1.807, 2.05) is 0 Å². The summed E-state index contributed by atoms with van der Waals surface area (Å²) in [5.74, 6) is -0.718. The third kappa shape index (κ3) is 3.25. The highest BCUT2D eigenvalue weighted by atomic mass is 19.4. The van der Waals surface area contributed by atoms with Crippen LogP contribution in [0.5, 0.6) is 0 Å². The Hall–Kier alpha value is -2.03. The first-order valence-electron chi connectivity index (χ1n) is 5.66. The number of esters is 1. The van der Waals surface area contributed by atoms with Crippen LogP contribution in [0.1, 0.15) is 40.9 Å². The van der Waals surface area contributed by atoms with E-state index >= 15 is 0 Å². The Balaban J connectivity index is 3.45. The fourth-order valence-electron chi connectivity index (χ4n) is 1.66. The number of hydrogen-bond acceptors (Lipinski definition) is 3. The number of ether oxygens (including phenoxy) is 1. The summed E-state index contributed by atoms with van der Waals surface area (Å²) in [5, 5.41) is 8.78. The van der Waals surface area contributed by atoms with Crippen molar-refractivity contribution in [3.05, 3.63) is 34.4 Å². The molecule has 0 aromatic heterocycles. The van der Waals surface area contributed by atoms with Crippen molar-refractivity contribution >= 4 is 5.97 Å². The van der Waals surface area contributed by atoms with Crippen molar-refractivity contribution in [3.63, 3.8) is 0 Å². The highest BCUT2D eigenvalue weighted by molar-refractivity contribution is 5.91. The molecule has 19 heavy (non-hydrogen) atoms. The van der Waals surface area contributed by atoms with E-state index in [0.29, 0.717) is 0 Å². The van der Waals surface area contributed by atoms with E-state index in [0.717, 1.165) is 12.1 Å². The summed E-state index contributed by atoms with van der Waals surface area (Å²) >= 11 is 0. The molecule has 0 fully saturated rings. The van der Waals surface area contributed by atoms with Crippen molar-refractivity contribution in [2.75, 3.05) is 6.61 Å². The van der Waals surface area contributed by atoms with Crippen LogP contribution >= 0.6 is 0 Å². The van der Waals surface area contributed by atoms with E-state index in [-0.39, 0.29) is 24.2 Å². The van der Waals surface area contributed by atoms with Gasteiger partial charge in [0.05, 0.1) is 29.4 Å². The fourth-order valence-corrected chi connectivity index (χ4v) is 1.66. The summed E-state index contributed by atoms with van der Waals surface area (Å²) in [6, 6.07) is 3.25. The first kappa shape index (κ1) is 15.0. The fraction of sp³-hybridized carbons (Fsp3) is 0.385. The van der Waals surface area contributed by atoms with Crippen LogP contribution in [0, 0.1) is 11.3 Å². The van der Waals surface area contributed by atoms with Crippen LogP contribution in [0.2, 0.25) is 0 Å². The van der Waals surface area contributed by atoms with Gasteiger partial charge in [-0.25, -0.2) is 4.79 Å². The van der Waals surface area contributed by atoms with E-state index in [1.54, 1.807) is 13.8 Å².